The van der Waals surface area contributed by atoms with Gasteiger partial charge >= 0.3 is 0 Å². The maximum absolute atomic E-state index is 13.2. The molecule has 1 aliphatic rings. The molecule has 1 aliphatic heterocycles. The number of ether oxygens (including phenoxy) is 2. The Morgan fingerprint density at radius 1 is 0.778 bits per heavy atom. The molecular formula is C40H38N12O11. The number of amides is 7. The van der Waals surface area contributed by atoms with Gasteiger partial charge in [0.2, 0.25) is 41.1 Å². The van der Waals surface area contributed by atoms with Gasteiger partial charge in [0.05, 0.1) is 37.1 Å². The molecule has 0 saturated heterocycles. The Bertz CT molecular complexity index is 2800. The lowest BCUT2D eigenvalue weighted by atomic mass is 10.1. The number of imide groups is 1. The summed E-state index contributed by atoms with van der Waals surface area (Å²) in [4.78, 5) is 98.9. The zero-order valence-electron chi connectivity index (χ0n) is 33.6. The fourth-order valence-electron chi connectivity index (χ4n) is 6.57. The average Bonchev–Trinajstić information content (AvgIpc) is 4.12. The summed E-state index contributed by atoms with van der Waals surface area (Å²) in [5.41, 5.74) is 12.8. The molecule has 2 aromatic carbocycles. The van der Waals surface area contributed by atoms with Crippen LogP contribution >= 0.6 is 0 Å². The SMILES string of the molecule is COc1cc(C(N)=O)cc2nc(NC(=O)c3ccno3)n(C/C=C/Cn3c(NC(=O)c4ccno4)nc4cc(C(N)=O)cc(OCCCN(C)C(=O)CCN5C(=O)C=CC5=O)c43)c12. The second-order valence-corrected chi connectivity index (χ2v) is 13.8. The van der Waals surface area contributed by atoms with Crippen molar-refractivity contribution in [3.05, 3.63) is 95.7 Å². The third kappa shape index (κ3) is 9.25. The van der Waals surface area contributed by atoms with Crippen LogP contribution in [0, 0.1) is 0 Å². The summed E-state index contributed by atoms with van der Waals surface area (Å²) in [6.07, 6.45) is 8.65. The minimum Gasteiger partial charge on any atom is -0.494 e. The van der Waals surface area contributed by atoms with Crippen molar-refractivity contribution in [1.29, 1.82) is 0 Å². The van der Waals surface area contributed by atoms with Crippen LogP contribution in [0.5, 0.6) is 11.5 Å². The molecule has 0 unspecified atom stereocenters. The van der Waals surface area contributed by atoms with Gasteiger partial charge in [-0.1, -0.05) is 22.5 Å². The highest BCUT2D eigenvalue weighted by Gasteiger charge is 2.25. The normalized spacial score (nSPS) is 12.4. The molecule has 6 N–H and O–H groups in total. The Balaban J connectivity index is 1.16. The number of methoxy groups -OCH3 is 1. The molecule has 23 nitrogen and oxygen atoms in total. The lowest BCUT2D eigenvalue weighted by Crippen LogP contribution is -2.36. The molecule has 7 rings (SSSR count). The number of rotatable bonds is 19. The topological polar surface area (TPSA) is 308 Å². The molecule has 0 fully saturated rings. The Hall–Kier alpha value is -8.63. The minimum atomic E-state index is -0.768. The van der Waals surface area contributed by atoms with E-state index in [2.05, 4.69) is 30.9 Å². The molecule has 0 bridgehead atoms. The predicted molar refractivity (Wildman–Crippen MR) is 219 cm³/mol. The van der Waals surface area contributed by atoms with Gasteiger partial charge in [-0.25, -0.2) is 9.97 Å². The van der Waals surface area contributed by atoms with Gasteiger partial charge in [0, 0.05) is 75.1 Å². The van der Waals surface area contributed by atoms with Crippen LogP contribution in [-0.4, -0.2) is 114 Å². The number of anilines is 2. The van der Waals surface area contributed by atoms with Gasteiger partial charge in [0.15, 0.2) is 0 Å². The van der Waals surface area contributed by atoms with Crippen molar-refractivity contribution in [3.8, 4) is 11.5 Å². The zero-order valence-corrected chi connectivity index (χ0v) is 33.6. The molecule has 0 saturated carbocycles. The fourth-order valence-corrected chi connectivity index (χ4v) is 6.57. The van der Waals surface area contributed by atoms with Gasteiger partial charge in [0.25, 0.3) is 23.6 Å². The Kier molecular flexibility index (Phi) is 12.4. The van der Waals surface area contributed by atoms with Crippen molar-refractivity contribution < 1.29 is 52.1 Å². The Morgan fingerprint density at radius 3 is 1.76 bits per heavy atom. The van der Waals surface area contributed by atoms with Crippen molar-refractivity contribution in [2.75, 3.05) is 44.5 Å². The van der Waals surface area contributed by atoms with Crippen molar-refractivity contribution in [3.63, 3.8) is 0 Å². The summed E-state index contributed by atoms with van der Waals surface area (Å²) in [5.74, 6) is -3.70. The summed E-state index contributed by atoms with van der Waals surface area (Å²) >= 11 is 0. The van der Waals surface area contributed by atoms with Crippen LogP contribution in [-0.2, 0) is 27.5 Å². The van der Waals surface area contributed by atoms with E-state index in [1.165, 1.54) is 60.8 Å². The number of fused-ring (bicyclic) bond motifs is 2. The van der Waals surface area contributed by atoms with E-state index in [0.29, 0.717) is 17.5 Å². The van der Waals surface area contributed by atoms with Gasteiger partial charge in [-0.05, 0) is 30.7 Å². The largest absolute Gasteiger partial charge is 0.494 e. The standard InChI is InChI=1S/C40H38N12O11/c1-49(30(53)10-16-50-31(54)6-7-32(50)55)13-5-17-61-29-21-23(36(42)57)19-25-34(29)52(40(46-25)48-38(59)27-9-12-44-63-27)15-4-3-14-51-33-24(18-22(35(41)56)20-28(33)60-2)45-39(51)47-37(58)26-8-11-43-62-26/h3-4,6-9,11-12,18-21H,5,10,13-17H2,1-2H3,(H2,41,56)(H2,42,57)(H,45,47,58)(H,46,48,59)/b4-3+. The van der Waals surface area contributed by atoms with Gasteiger partial charge in [-0.2, -0.15) is 0 Å². The quantitative estimate of drug-likeness (QED) is 0.0513. The van der Waals surface area contributed by atoms with Crippen LogP contribution < -0.4 is 31.6 Å². The summed E-state index contributed by atoms with van der Waals surface area (Å²) in [6.45, 7) is 0.361. The number of nitrogens with one attached hydrogen (secondary N) is 2. The van der Waals surface area contributed by atoms with Gasteiger partial charge in [-0.3, -0.25) is 49.1 Å². The van der Waals surface area contributed by atoms with Crippen molar-refractivity contribution in [2.45, 2.75) is 25.9 Å². The molecule has 0 aliphatic carbocycles. The number of hydrogen-bond acceptors (Lipinski definition) is 15. The van der Waals surface area contributed by atoms with Gasteiger partial charge in [0.1, 0.15) is 22.5 Å². The van der Waals surface area contributed by atoms with E-state index < -0.39 is 35.4 Å². The lowest BCUT2D eigenvalue weighted by Gasteiger charge is -2.19. The highest BCUT2D eigenvalue weighted by atomic mass is 16.5. The molecule has 7 amide bonds. The number of allylic oxidation sites excluding steroid dienone is 2. The smallest absolute Gasteiger partial charge is 0.296 e. The number of primary amides is 2. The minimum absolute atomic E-state index is 0.0340. The molecule has 6 aromatic rings. The second kappa shape index (κ2) is 18.3. The van der Waals surface area contributed by atoms with Crippen LogP contribution in [0.25, 0.3) is 22.1 Å². The first-order chi connectivity index (χ1) is 30.3. The molecule has 0 atom stereocenters. The third-order valence-electron chi connectivity index (χ3n) is 9.69. The number of benzene rings is 2. The number of carbonyl (C=O) groups excluding carboxylic acids is 7. The van der Waals surface area contributed by atoms with E-state index in [4.69, 9.17) is 30.0 Å². The van der Waals surface area contributed by atoms with Crippen molar-refractivity contribution in [2.24, 2.45) is 11.5 Å². The maximum atomic E-state index is 13.2. The van der Waals surface area contributed by atoms with E-state index in [0.717, 1.165) is 17.1 Å². The molecular weight excluding hydrogens is 825 g/mol. The average molecular weight is 863 g/mol. The molecule has 4 aromatic heterocycles. The summed E-state index contributed by atoms with van der Waals surface area (Å²) in [6, 6.07) is 8.53. The first-order valence-corrected chi connectivity index (χ1v) is 19.0. The van der Waals surface area contributed by atoms with E-state index >= 15 is 0 Å². The van der Waals surface area contributed by atoms with Gasteiger partial charge in [-0.15, -0.1) is 0 Å². The summed E-state index contributed by atoms with van der Waals surface area (Å²) in [5, 5.41) is 12.6. The van der Waals surface area contributed by atoms with E-state index in [9.17, 15) is 33.6 Å². The molecule has 23 heteroatoms. The molecule has 63 heavy (non-hydrogen) atoms. The number of hydrogen-bond donors (Lipinski definition) is 4. The van der Waals surface area contributed by atoms with E-state index in [-0.39, 0.29) is 102 Å². The molecule has 0 radical (unpaired) electrons. The highest BCUT2D eigenvalue weighted by molar-refractivity contribution is 6.13. The number of nitrogens with zero attached hydrogens (tertiary/aromatic N) is 8. The van der Waals surface area contributed by atoms with Crippen molar-refractivity contribution >= 4 is 75.3 Å². The first kappa shape index (κ1) is 42.5. The van der Waals surface area contributed by atoms with Crippen LogP contribution in [0.1, 0.15) is 54.7 Å². The Labute approximate surface area is 355 Å². The number of aromatic nitrogens is 6. The monoisotopic (exact) mass is 862 g/mol. The Morgan fingerprint density at radius 2 is 1.29 bits per heavy atom. The second-order valence-electron chi connectivity index (χ2n) is 13.8. The summed E-state index contributed by atoms with van der Waals surface area (Å²) in [7, 11) is 2.99. The van der Waals surface area contributed by atoms with Gasteiger partial charge < -0.3 is 44.0 Å². The summed E-state index contributed by atoms with van der Waals surface area (Å²) < 4.78 is 25.1. The first-order valence-electron chi connectivity index (χ1n) is 19.0. The third-order valence-corrected chi connectivity index (χ3v) is 9.69. The fraction of sp³-hybridized carbons (Fsp3) is 0.225. The zero-order chi connectivity index (χ0) is 44.8. The number of imidazole rings is 2. The molecule has 0 spiro atoms. The van der Waals surface area contributed by atoms with Crippen LogP contribution in [0.4, 0.5) is 11.9 Å². The molecule has 324 valence electrons. The number of carbonyl (C=O) groups is 7. The maximum Gasteiger partial charge on any atom is 0.296 e. The molecule has 5 heterocycles. The van der Waals surface area contributed by atoms with Crippen LogP contribution in [0.3, 0.4) is 0 Å². The van der Waals surface area contributed by atoms with Crippen molar-refractivity contribution in [1.82, 2.24) is 39.2 Å². The van der Waals surface area contributed by atoms with Crippen LogP contribution in [0.15, 0.2) is 82.1 Å². The van der Waals surface area contributed by atoms with Crippen LogP contribution in [0.2, 0.25) is 0 Å². The lowest BCUT2D eigenvalue weighted by molar-refractivity contribution is -0.138. The predicted octanol–water partition coefficient (Wildman–Crippen LogP) is 1.87. The number of nitrogens with two attached hydrogens (primary N) is 2. The highest BCUT2D eigenvalue weighted by Crippen LogP contribution is 2.33. The van der Waals surface area contributed by atoms with E-state index in [1.54, 1.807) is 28.3 Å². The van der Waals surface area contributed by atoms with E-state index in [1.807, 2.05) is 0 Å².